The second-order valence-electron chi connectivity index (χ2n) is 14.7. The smallest absolute Gasteiger partial charge is 0.339 e. The van der Waals surface area contributed by atoms with Crippen LogP contribution in [-0.4, -0.2) is 33.0 Å². The van der Waals surface area contributed by atoms with Gasteiger partial charge in [-0.25, -0.2) is 17.2 Å². The molecule has 0 amide bonds. The highest BCUT2D eigenvalue weighted by molar-refractivity contribution is 7.87. The van der Waals surface area contributed by atoms with Crippen LogP contribution in [0.4, 0.5) is 17.6 Å². The van der Waals surface area contributed by atoms with Crippen molar-refractivity contribution in [2.45, 2.75) is 84.8 Å². The van der Waals surface area contributed by atoms with Gasteiger partial charge in [0.15, 0.2) is 11.6 Å². The molecule has 0 saturated heterocycles. The molecule has 0 aromatic heterocycles. The highest BCUT2D eigenvalue weighted by atomic mass is 32.2. The molecule has 246 valence electrons. The van der Waals surface area contributed by atoms with Gasteiger partial charge < -0.3 is 8.74 Å². The van der Waals surface area contributed by atoms with Crippen molar-refractivity contribution in [1.29, 1.82) is 0 Å². The van der Waals surface area contributed by atoms with Gasteiger partial charge in [0, 0.05) is 23.7 Å². The fraction of sp³-hybridized carbons (Fsp3) is 0.562. The Bertz CT molecular complexity index is 1910. The Balaban J connectivity index is 1.28. The van der Waals surface area contributed by atoms with E-state index in [4.69, 9.17) is 4.18 Å². The largest absolute Gasteiger partial charge is 0.744 e. The highest BCUT2D eigenvalue weighted by Crippen LogP contribution is 2.62. The quantitative estimate of drug-likeness (QED) is 0.176. The molecule has 0 N–H and O–H groups in total. The minimum absolute atomic E-state index is 0.144. The van der Waals surface area contributed by atoms with Crippen molar-refractivity contribution in [3.05, 3.63) is 52.6 Å². The van der Waals surface area contributed by atoms with Gasteiger partial charge in [-0.15, -0.1) is 0 Å². The maximum absolute atomic E-state index is 15.0. The molecule has 14 heteroatoms. The molecule has 8 nitrogen and oxygen atoms in total. The fourth-order valence-corrected chi connectivity index (χ4v) is 12.6. The van der Waals surface area contributed by atoms with E-state index < -0.39 is 69.9 Å². The van der Waals surface area contributed by atoms with Gasteiger partial charge in [0.05, 0.1) is 0 Å². The van der Waals surface area contributed by atoms with E-state index in [1.165, 1.54) is 6.07 Å². The zero-order valence-electron chi connectivity index (χ0n) is 24.4. The van der Waals surface area contributed by atoms with Gasteiger partial charge in [-0.3, -0.25) is 9.59 Å². The van der Waals surface area contributed by atoms with Crippen LogP contribution in [0.1, 0.15) is 75.3 Å². The molecule has 2 aromatic rings. The van der Waals surface area contributed by atoms with Crippen molar-refractivity contribution in [2.75, 3.05) is 0 Å². The summed E-state index contributed by atoms with van der Waals surface area (Å²) in [5, 5.41) is 0. The van der Waals surface area contributed by atoms with E-state index in [0.29, 0.717) is 50.5 Å². The highest BCUT2D eigenvalue weighted by Gasteiger charge is 2.58. The number of benzene rings is 2. The normalized spacial score (nSPS) is 36.1. The summed E-state index contributed by atoms with van der Waals surface area (Å²) < 4.78 is 126. The Hall–Kier alpha value is -2.84. The van der Waals surface area contributed by atoms with Crippen molar-refractivity contribution in [2.24, 2.45) is 35.5 Å². The third kappa shape index (κ3) is 4.24. The monoisotopic (exact) mass is 681 g/mol. The Morgan fingerprint density at radius 1 is 0.674 bits per heavy atom. The van der Waals surface area contributed by atoms with Crippen molar-refractivity contribution >= 4 is 31.8 Å². The summed E-state index contributed by atoms with van der Waals surface area (Å²) in [5.41, 5.74) is -0.411. The average molecular weight is 682 g/mol. The molecule has 2 aromatic carbocycles. The predicted molar refractivity (Wildman–Crippen MR) is 149 cm³/mol. The van der Waals surface area contributed by atoms with Crippen LogP contribution < -0.4 is 4.18 Å². The molecule has 8 saturated carbocycles. The lowest BCUT2D eigenvalue weighted by Crippen LogP contribution is -2.54. The number of carbonyl (C=O) groups excluding carboxylic acids is 2. The molecule has 0 radical (unpaired) electrons. The van der Waals surface area contributed by atoms with Crippen LogP contribution in [0.15, 0.2) is 28.0 Å². The Morgan fingerprint density at radius 2 is 1.13 bits per heavy atom. The van der Waals surface area contributed by atoms with E-state index in [1.807, 2.05) is 6.07 Å². The number of hydrogen-bond acceptors (Lipinski definition) is 8. The molecule has 0 aliphatic heterocycles. The third-order valence-corrected chi connectivity index (χ3v) is 14.2. The van der Waals surface area contributed by atoms with E-state index in [-0.39, 0.29) is 52.6 Å². The van der Waals surface area contributed by atoms with Crippen LogP contribution in [-0.2, 0) is 40.7 Å². The van der Waals surface area contributed by atoms with E-state index in [1.54, 1.807) is 6.07 Å². The Kier molecular flexibility index (Phi) is 6.38. The van der Waals surface area contributed by atoms with E-state index in [0.717, 1.165) is 19.3 Å². The van der Waals surface area contributed by atoms with Crippen LogP contribution in [0.5, 0.6) is 5.75 Å². The molecule has 10 rings (SSSR count). The lowest BCUT2D eigenvalue weighted by atomic mass is 9.46. The summed E-state index contributed by atoms with van der Waals surface area (Å²) in [6.07, 6.45) is 6.02. The number of rotatable bonds is 6. The first-order valence-corrected chi connectivity index (χ1v) is 18.3. The van der Waals surface area contributed by atoms with Crippen LogP contribution in [0.3, 0.4) is 0 Å². The first-order valence-electron chi connectivity index (χ1n) is 15.5. The summed E-state index contributed by atoms with van der Waals surface area (Å²) >= 11 is 0. The zero-order valence-corrected chi connectivity index (χ0v) is 26.0. The molecule has 0 spiro atoms. The van der Waals surface area contributed by atoms with Gasteiger partial charge in [-0.1, -0.05) is 12.1 Å². The topological polar surface area (TPSA) is 135 Å². The molecule has 8 aliphatic rings. The molecule has 8 fully saturated rings. The minimum Gasteiger partial charge on any atom is -0.744 e. The van der Waals surface area contributed by atoms with Gasteiger partial charge in [0.2, 0.25) is 17.4 Å². The van der Waals surface area contributed by atoms with Gasteiger partial charge in [0.1, 0.15) is 31.5 Å². The molecule has 46 heavy (non-hydrogen) atoms. The van der Waals surface area contributed by atoms with Crippen molar-refractivity contribution in [3.63, 3.8) is 0 Å². The molecule has 4 atom stereocenters. The summed E-state index contributed by atoms with van der Waals surface area (Å²) in [6, 6.07) is 4.88. The molecule has 8 aliphatic carbocycles. The molecular weight excluding hydrogens is 652 g/mol. The Morgan fingerprint density at radius 3 is 1.61 bits per heavy atom. The van der Waals surface area contributed by atoms with E-state index in [9.17, 15) is 39.8 Å². The van der Waals surface area contributed by atoms with Crippen LogP contribution >= 0.6 is 0 Å². The standard InChI is InChI=1S/C32H30F4O8S2/c33-23-25(35)30(45(39,40)41)26(36)24(34)29(23)44-46(42,43)22-7-20(31-8-14-3-16(10-31)27(37)17(4-14)11-31)1-2-21(22)32-9-15-5-18(12-32)28(38)19(6-15)13-32/h1-2,7,14-19H,3-6,8-13H2,(H,39,40,41)/p-1. The number of hydrogen-bond donors (Lipinski definition) is 0. The third-order valence-electron chi connectivity index (χ3n) is 12.0. The van der Waals surface area contributed by atoms with Crippen molar-refractivity contribution in [3.8, 4) is 5.75 Å². The molecule has 0 heterocycles. The lowest BCUT2D eigenvalue weighted by molar-refractivity contribution is -0.142. The summed E-state index contributed by atoms with van der Waals surface area (Å²) in [7, 11) is -11.3. The first kappa shape index (κ1) is 30.5. The van der Waals surface area contributed by atoms with Gasteiger partial charge in [0.25, 0.3) is 0 Å². The minimum atomic E-state index is -6.03. The van der Waals surface area contributed by atoms with Crippen molar-refractivity contribution < 1.29 is 52.7 Å². The predicted octanol–water partition coefficient (Wildman–Crippen LogP) is 5.21. The van der Waals surface area contributed by atoms with Crippen molar-refractivity contribution in [1.82, 2.24) is 0 Å². The number of carbonyl (C=O) groups is 2. The SMILES string of the molecule is O=C1C2CC3CC1CC(c1ccc(C45CC6CC(C4)C(=O)C(C6)C5)c(S(=O)(=O)Oc4c(F)c(F)c(S(=O)(=O)[O-])c(F)c4F)c1)(C3)C2. The second-order valence-corrected chi connectivity index (χ2v) is 17.5. The molecule has 8 bridgehead atoms. The maximum Gasteiger partial charge on any atom is 0.339 e. The number of Topliss-reactive ketones (excluding diaryl/α,β-unsaturated/α-hetero) is 2. The Labute approximate surface area is 262 Å². The molecule has 4 unspecified atom stereocenters. The van der Waals surface area contributed by atoms with Crippen LogP contribution in [0.25, 0.3) is 0 Å². The van der Waals surface area contributed by atoms with E-state index in [2.05, 4.69) is 0 Å². The summed E-state index contributed by atoms with van der Waals surface area (Å²) in [5.74, 6) is -12.3. The lowest BCUT2D eigenvalue weighted by Gasteiger charge is -2.57. The average Bonchev–Trinajstić information content (AvgIpc) is 2.98. The zero-order chi connectivity index (χ0) is 32.7. The summed E-state index contributed by atoms with van der Waals surface area (Å²) in [6.45, 7) is 0. The number of halogens is 4. The summed E-state index contributed by atoms with van der Waals surface area (Å²) in [4.78, 5) is 23.0. The molecular formula is C32H29F4O8S2-. The first-order chi connectivity index (χ1) is 21.5. The second kappa shape index (κ2) is 9.62. The van der Waals surface area contributed by atoms with Crippen LogP contribution in [0, 0.1) is 58.8 Å². The van der Waals surface area contributed by atoms with Gasteiger partial charge in [-0.05, 0) is 104 Å². The van der Waals surface area contributed by atoms with E-state index >= 15 is 8.78 Å². The van der Waals surface area contributed by atoms with Gasteiger partial charge >= 0.3 is 10.1 Å². The van der Waals surface area contributed by atoms with Crippen LogP contribution in [0.2, 0.25) is 0 Å². The maximum atomic E-state index is 15.0. The van der Waals surface area contributed by atoms with Gasteiger partial charge in [-0.2, -0.15) is 17.2 Å². The fourth-order valence-electron chi connectivity index (χ4n) is 10.7. The number of ketones is 2.